The van der Waals surface area contributed by atoms with Crippen molar-refractivity contribution in [2.45, 2.75) is 0 Å². The lowest BCUT2D eigenvalue weighted by Gasteiger charge is -2.22. The summed E-state index contributed by atoms with van der Waals surface area (Å²) in [5.41, 5.74) is 1.64. The van der Waals surface area contributed by atoms with E-state index in [0.29, 0.717) is 22.4 Å². The Balaban J connectivity index is 2.14. The summed E-state index contributed by atoms with van der Waals surface area (Å²) in [7, 11) is 4.18. The molecule has 3 rings (SSSR count). The molecule has 3 N–H and O–H groups in total. The number of benzene rings is 2. The summed E-state index contributed by atoms with van der Waals surface area (Å²) in [5.74, 6) is 0.385. The highest BCUT2D eigenvalue weighted by Gasteiger charge is 2.25. The molecule has 0 amide bonds. The van der Waals surface area contributed by atoms with Crippen molar-refractivity contribution in [2.75, 3.05) is 27.9 Å². The summed E-state index contributed by atoms with van der Waals surface area (Å²) in [5, 5.41) is 30.5. The molecule has 1 aliphatic heterocycles. The van der Waals surface area contributed by atoms with Gasteiger partial charge >= 0.3 is 0 Å². The largest absolute Gasteiger partial charge is 0.504 e. The molecule has 0 spiro atoms. The van der Waals surface area contributed by atoms with Crippen LogP contribution < -0.4 is 18.9 Å². The van der Waals surface area contributed by atoms with Crippen LogP contribution in [0.3, 0.4) is 0 Å². The predicted molar refractivity (Wildman–Crippen MR) is 90.9 cm³/mol. The van der Waals surface area contributed by atoms with Crippen LogP contribution in [0.5, 0.6) is 40.2 Å². The molecule has 0 unspecified atom stereocenters. The van der Waals surface area contributed by atoms with Gasteiger partial charge in [-0.25, -0.2) is 0 Å². The average Bonchev–Trinajstić information content (AvgIpc) is 2.62. The van der Waals surface area contributed by atoms with Crippen LogP contribution in [0.25, 0.3) is 11.6 Å². The molecule has 25 heavy (non-hydrogen) atoms. The zero-order valence-corrected chi connectivity index (χ0v) is 14.0. The van der Waals surface area contributed by atoms with E-state index in [1.54, 1.807) is 12.1 Å². The number of hydrogen-bond acceptors (Lipinski definition) is 7. The highest BCUT2D eigenvalue weighted by Crippen LogP contribution is 2.49. The van der Waals surface area contributed by atoms with E-state index in [4.69, 9.17) is 18.9 Å². The van der Waals surface area contributed by atoms with Gasteiger partial charge < -0.3 is 34.3 Å². The summed E-state index contributed by atoms with van der Waals surface area (Å²) in [6.07, 6.45) is 1.78. The number of aromatic hydroxyl groups is 3. The second-order valence-electron chi connectivity index (χ2n) is 5.35. The maximum atomic E-state index is 10.5. The van der Waals surface area contributed by atoms with Crippen LogP contribution >= 0.6 is 0 Å². The van der Waals surface area contributed by atoms with Gasteiger partial charge in [0.1, 0.15) is 6.61 Å². The SMILES string of the molecule is COc1c(O)ccc2c1OCC(c1cc(O)c(OC)c(OC)c1O)=C2. The van der Waals surface area contributed by atoms with Crippen LogP contribution in [0.15, 0.2) is 18.2 Å². The number of fused-ring (bicyclic) bond motifs is 1. The number of rotatable bonds is 4. The van der Waals surface area contributed by atoms with Crippen molar-refractivity contribution in [3.8, 4) is 40.2 Å². The fourth-order valence-corrected chi connectivity index (χ4v) is 2.81. The molecule has 0 saturated carbocycles. The van der Waals surface area contributed by atoms with Gasteiger partial charge in [-0.05, 0) is 24.3 Å². The summed E-state index contributed by atoms with van der Waals surface area (Å²) < 4.78 is 21.1. The third-order valence-electron chi connectivity index (χ3n) is 3.97. The summed E-state index contributed by atoms with van der Waals surface area (Å²) in [6, 6.07) is 4.55. The van der Waals surface area contributed by atoms with Gasteiger partial charge in [0, 0.05) is 16.7 Å². The third kappa shape index (κ3) is 2.63. The van der Waals surface area contributed by atoms with Crippen LogP contribution in [0.1, 0.15) is 11.1 Å². The van der Waals surface area contributed by atoms with Gasteiger partial charge in [-0.1, -0.05) is 0 Å². The second-order valence-corrected chi connectivity index (χ2v) is 5.35. The van der Waals surface area contributed by atoms with Gasteiger partial charge in [0.25, 0.3) is 0 Å². The molecule has 2 aromatic carbocycles. The Kier molecular flexibility index (Phi) is 4.22. The molecule has 0 aliphatic carbocycles. The molecule has 1 aliphatic rings. The Labute approximate surface area is 144 Å². The molecule has 1 heterocycles. The van der Waals surface area contributed by atoms with E-state index < -0.39 is 0 Å². The Morgan fingerprint density at radius 1 is 0.880 bits per heavy atom. The average molecular weight is 346 g/mol. The molecule has 7 heteroatoms. The molecule has 132 valence electrons. The molecule has 7 nitrogen and oxygen atoms in total. The standard InChI is InChI=1S/C18H18O7/c1-22-16-12(19)5-4-9-6-10(8-25-15(9)16)11-7-13(20)17(23-2)18(24-3)14(11)21/h4-7,19-21H,8H2,1-3H3. The zero-order valence-electron chi connectivity index (χ0n) is 14.0. The van der Waals surface area contributed by atoms with Crippen molar-refractivity contribution >= 4 is 11.6 Å². The van der Waals surface area contributed by atoms with Crippen LogP contribution in [0, 0.1) is 0 Å². The number of methoxy groups -OCH3 is 3. The Morgan fingerprint density at radius 3 is 2.20 bits per heavy atom. The summed E-state index contributed by atoms with van der Waals surface area (Å²) in [4.78, 5) is 0. The van der Waals surface area contributed by atoms with E-state index in [1.807, 2.05) is 0 Å². The lowest BCUT2D eigenvalue weighted by Crippen LogP contribution is -2.08. The van der Waals surface area contributed by atoms with Crippen LogP contribution in [0.2, 0.25) is 0 Å². The molecule has 0 fully saturated rings. The van der Waals surface area contributed by atoms with Crippen LogP contribution in [-0.4, -0.2) is 43.3 Å². The van der Waals surface area contributed by atoms with Gasteiger partial charge in [0.2, 0.25) is 17.2 Å². The first kappa shape index (κ1) is 16.6. The van der Waals surface area contributed by atoms with Crippen molar-refractivity contribution in [1.82, 2.24) is 0 Å². The first-order valence-electron chi connectivity index (χ1n) is 7.42. The third-order valence-corrected chi connectivity index (χ3v) is 3.97. The molecule has 0 saturated heterocycles. The first-order valence-corrected chi connectivity index (χ1v) is 7.42. The van der Waals surface area contributed by atoms with E-state index in [-0.39, 0.29) is 41.1 Å². The zero-order chi connectivity index (χ0) is 18.1. The van der Waals surface area contributed by atoms with Gasteiger partial charge in [0.15, 0.2) is 23.0 Å². The second kappa shape index (κ2) is 6.35. The maximum Gasteiger partial charge on any atom is 0.207 e. The first-order chi connectivity index (χ1) is 12.0. The molecular weight excluding hydrogens is 328 g/mol. The fourth-order valence-electron chi connectivity index (χ4n) is 2.81. The van der Waals surface area contributed by atoms with E-state index in [2.05, 4.69) is 0 Å². The van der Waals surface area contributed by atoms with Crippen LogP contribution in [0.4, 0.5) is 0 Å². The summed E-state index contributed by atoms with van der Waals surface area (Å²) >= 11 is 0. The van der Waals surface area contributed by atoms with Gasteiger partial charge in [-0.3, -0.25) is 0 Å². The van der Waals surface area contributed by atoms with E-state index in [9.17, 15) is 15.3 Å². The van der Waals surface area contributed by atoms with Crippen molar-refractivity contribution in [3.63, 3.8) is 0 Å². The Hall–Kier alpha value is -3.22. The lowest BCUT2D eigenvalue weighted by molar-refractivity contribution is 0.310. The topological polar surface area (TPSA) is 97.6 Å². The maximum absolute atomic E-state index is 10.5. The minimum absolute atomic E-state index is 0.0234. The predicted octanol–water partition coefficient (Wildman–Crippen LogP) is 2.76. The number of hydrogen-bond donors (Lipinski definition) is 3. The Bertz CT molecular complexity index is 855. The van der Waals surface area contributed by atoms with E-state index in [1.165, 1.54) is 33.5 Å². The smallest absolute Gasteiger partial charge is 0.207 e. The van der Waals surface area contributed by atoms with Crippen molar-refractivity contribution in [1.29, 1.82) is 0 Å². The number of phenols is 3. The monoisotopic (exact) mass is 346 g/mol. The quantitative estimate of drug-likeness (QED) is 0.732. The fraction of sp³-hybridized carbons (Fsp3) is 0.222. The van der Waals surface area contributed by atoms with Crippen molar-refractivity contribution in [2.24, 2.45) is 0 Å². The highest BCUT2D eigenvalue weighted by molar-refractivity contribution is 5.90. The molecule has 0 atom stereocenters. The number of ether oxygens (including phenoxy) is 4. The molecule has 0 bridgehead atoms. The van der Waals surface area contributed by atoms with Gasteiger partial charge in [-0.15, -0.1) is 0 Å². The van der Waals surface area contributed by atoms with E-state index >= 15 is 0 Å². The molecule has 0 aromatic heterocycles. The molecule has 2 aromatic rings. The van der Waals surface area contributed by atoms with Crippen molar-refractivity contribution < 1.29 is 34.3 Å². The minimum Gasteiger partial charge on any atom is -0.504 e. The molecular formula is C18H18O7. The van der Waals surface area contributed by atoms with E-state index in [0.717, 1.165) is 0 Å². The minimum atomic E-state index is -0.166. The summed E-state index contributed by atoms with van der Waals surface area (Å²) in [6.45, 7) is 0.106. The van der Waals surface area contributed by atoms with Gasteiger partial charge in [0.05, 0.1) is 21.3 Å². The Morgan fingerprint density at radius 2 is 1.56 bits per heavy atom. The van der Waals surface area contributed by atoms with Crippen LogP contribution in [-0.2, 0) is 0 Å². The lowest BCUT2D eigenvalue weighted by atomic mass is 9.98. The normalized spacial score (nSPS) is 12.7. The van der Waals surface area contributed by atoms with Crippen molar-refractivity contribution in [3.05, 3.63) is 29.3 Å². The van der Waals surface area contributed by atoms with Gasteiger partial charge in [-0.2, -0.15) is 0 Å². The molecule has 0 radical (unpaired) electrons. The highest BCUT2D eigenvalue weighted by atomic mass is 16.5. The number of phenolic OH excluding ortho intramolecular Hbond substituents is 3.